The molecule has 0 aromatic carbocycles. The van der Waals surface area contributed by atoms with Gasteiger partial charge in [0.1, 0.15) is 0 Å². The Kier molecular flexibility index (Phi) is 2.89. The minimum Gasteiger partial charge on any atom is -0.481 e. The van der Waals surface area contributed by atoms with Crippen LogP contribution in [0.5, 0.6) is 5.88 Å². The number of rotatable bonds is 3. The first-order valence-corrected chi connectivity index (χ1v) is 5.65. The molecular weight excluding hydrogens is 224 g/mol. The molecule has 0 fully saturated rings. The summed E-state index contributed by atoms with van der Waals surface area (Å²) < 4.78 is 27.1. The second-order valence-corrected chi connectivity index (χ2v) is 4.64. The number of ether oxygens (including phenoxy) is 1. The Bertz CT molecular complexity index is 496. The van der Waals surface area contributed by atoms with E-state index in [2.05, 4.69) is 9.72 Å². The van der Waals surface area contributed by atoms with Gasteiger partial charge >= 0.3 is 5.69 Å². The van der Waals surface area contributed by atoms with Crippen molar-refractivity contribution in [2.24, 2.45) is 0 Å². The van der Waals surface area contributed by atoms with Crippen LogP contribution in [0.3, 0.4) is 0 Å². The van der Waals surface area contributed by atoms with E-state index < -0.39 is 25.5 Å². The molecule has 1 aromatic heterocycles. The molecule has 8 heteroatoms. The number of nitro groups is 1. The third-order valence-electron chi connectivity index (χ3n) is 1.57. The van der Waals surface area contributed by atoms with E-state index in [0.29, 0.717) is 0 Å². The average molecular weight is 232 g/mol. The van der Waals surface area contributed by atoms with E-state index in [1.165, 1.54) is 13.2 Å². The number of methoxy groups -OCH3 is 1. The standard InChI is InChI=1S/C7H8N2O5S/c1-14-6-4-3-5(9(10)11)7(8-6)15(2,12)13/h3-4H,1-2H3. The average Bonchev–Trinajstić information content (AvgIpc) is 2.15. The summed E-state index contributed by atoms with van der Waals surface area (Å²) in [5.41, 5.74) is -0.557. The molecule has 0 aliphatic rings. The van der Waals surface area contributed by atoms with Gasteiger partial charge in [-0.05, 0) is 0 Å². The topological polar surface area (TPSA) is 99.4 Å². The fourth-order valence-electron chi connectivity index (χ4n) is 0.942. The molecule has 0 saturated heterocycles. The van der Waals surface area contributed by atoms with Crippen LogP contribution in [0.2, 0.25) is 0 Å². The summed E-state index contributed by atoms with van der Waals surface area (Å²) in [5, 5.41) is 9.94. The van der Waals surface area contributed by atoms with Gasteiger partial charge in [0, 0.05) is 18.4 Å². The molecule has 0 amide bonds. The van der Waals surface area contributed by atoms with Crippen LogP contribution in [0, 0.1) is 10.1 Å². The van der Waals surface area contributed by atoms with Crippen molar-refractivity contribution in [2.45, 2.75) is 5.03 Å². The van der Waals surface area contributed by atoms with Gasteiger partial charge in [-0.15, -0.1) is 0 Å². The highest BCUT2D eigenvalue weighted by molar-refractivity contribution is 7.90. The number of hydrogen-bond donors (Lipinski definition) is 0. The van der Waals surface area contributed by atoms with Gasteiger partial charge in [0.05, 0.1) is 12.0 Å². The number of pyridine rings is 1. The van der Waals surface area contributed by atoms with E-state index in [9.17, 15) is 18.5 Å². The second kappa shape index (κ2) is 3.81. The normalized spacial score (nSPS) is 11.1. The molecule has 0 unspecified atom stereocenters. The smallest absolute Gasteiger partial charge is 0.306 e. The lowest BCUT2D eigenvalue weighted by Gasteiger charge is -2.02. The maximum absolute atomic E-state index is 11.2. The van der Waals surface area contributed by atoms with E-state index in [0.717, 1.165) is 12.3 Å². The number of sulfone groups is 1. The molecule has 0 aliphatic carbocycles. The summed E-state index contributed by atoms with van der Waals surface area (Å²) in [7, 11) is -2.45. The summed E-state index contributed by atoms with van der Waals surface area (Å²) in [6, 6.07) is 2.27. The predicted molar refractivity (Wildman–Crippen MR) is 50.6 cm³/mol. The summed E-state index contributed by atoms with van der Waals surface area (Å²) in [5.74, 6) is 0.0148. The lowest BCUT2D eigenvalue weighted by atomic mass is 10.4. The molecule has 1 heterocycles. The van der Waals surface area contributed by atoms with Crippen molar-refractivity contribution in [3.8, 4) is 5.88 Å². The molecule has 1 rings (SSSR count). The summed E-state index contributed by atoms with van der Waals surface area (Å²) in [6.07, 6.45) is 0.849. The Morgan fingerprint density at radius 1 is 1.47 bits per heavy atom. The third kappa shape index (κ3) is 2.40. The van der Waals surface area contributed by atoms with Crippen LogP contribution in [0.15, 0.2) is 17.2 Å². The van der Waals surface area contributed by atoms with Crippen LogP contribution in [0.1, 0.15) is 0 Å². The van der Waals surface area contributed by atoms with Crippen molar-refractivity contribution < 1.29 is 18.1 Å². The fourth-order valence-corrected chi connectivity index (χ4v) is 1.72. The van der Waals surface area contributed by atoms with Crippen molar-refractivity contribution in [1.82, 2.24) is 4.98 Å². The van der Waals surface area contributed by atoms with Gasteiger partial charge in [-0.25, -0.2) is 8.42 Å². The molecule has 15 heavy (non-hydrogen) atoms. The predicted octanol–water partition coefficient (Wildman–Crippen LogP) is 0.402. The molecule has 0 aliphatic heterocycles. The van der Waals surface area contributed by atoms with Crippen LogP contribution in [-0.4, -0.2) is 31.7 Å². The van der Waals surface area contributed by atoms with Crippen molar-refractivity contribution in [1.29, 1.82) is 0 Å². The fraction of sp³-hybridized carbons (Fsp3) is 0.286. The zero-order chi connectivity index (χ0) is 11.6. The van der Waals surface area contributed by atoms with Crippen LogP contribution < -0.4 is 4.74 Å². The van der Waals surface area contributed by atoms with Gasteiger partial charge in [0.15, 0.2) is 9.84 Å². The first-order valence-electron chi connectivity index (χ1n) is 3.75. The van der Waals surface area contributed by atoms with Crippen LogP contribution >= 0.6 is 0 Å². The Morgan fingerprint density at radius 2 is 2.07 bits per heavy atom. The number of nitrogens with zero attached hydrogens (tertiary/aromatic N) is 2. The first-order chi connectivity index (χ1) is 6.86. The molecular formula is C7H8N2O5S. The van der Waals surface area contributed by atoms with Gasteiger partial charge in [-0.2, -0.15) is 4.98 Å². The Balaban J connectivity index is 3.50. The summed E-state index contributed by atoms with van der Waals surface area (Å²) in [6.45, 7) is 0. The Labute approximate surface area is 85.8 Å². The summed E-state index contributed by atoms with van der Waals surface area (Å²) in [4.78, 5) is 13.3. The van der Waals surface area contributed by atoms with Crippen LogP contribution in [-0.2, 0) is 9.84 Å². The van der Waals surface area contributed by atoms with Gasteiger partial charge < -0.3 is 4.74 Å². The lowest BCUT2D eigenvalue weighted by molar-refractivity contribution is -0.388. The Hall–Kier alpha value is -1.70. The highest BCUT2D eigenvalue weighted by Gasteiger charge is 2.24. The van der Waals surface area contributed by atoms with Crippen molar-refractivity contribution in [3.05, 3.63) is 22.2 Å². The molecule has 7 nitrogen and oxygen atoms in total. The highest BCUT2D eigenvalue weighted by Crippen LogP contribution is 2.23. The molecule has 0 bridgehead atoms. The zero-order valence-corrected chi connectivity index (χ0v) is 8.82. The number of hydrogen-bond acceptors (Lipinski definition) is 6. The van der Waals surface area contributed by atoms with E-state index in [4.69, 9.17) is 0 Å². The minimum atomic E-state index is -3.74. The molecule has 0 N–H and O–H groups in total. The molecule has 0 saturated carbocycles. The van der Waals surface area contributed by atoms with Crippen LogP contribution in [0.4, 0.5) is 5.69 Å². The molecule has 1 aromatic rings. The van der Waals surface area contributed by atoms with Crippen molar-refractivity contribution in [3.63, 3.8) is 0 Å². The van der Waals surface area contributed by atoms with E-state index in [1.54, 1.807) is 0 Å². The molecule has 82 valence electrons. The largest absolute Gasteiger partial charge is 0.481 e. The third-order valence-corrected chi connectivity index (χ3v) is 2.57. The van der Waals surface area contributed by atoms with Gasteiger partial charge in [0.2, 0.25) is 10.9 Å². The first kappa shape index (κ1) is 11.4. The quantitative estimate of drug-likeness (QED) is 0.552. The SMILES string of the molecule is COc1ccc([N+](=O)[O-])c(S(C)(=O)=O)n1. The highest BCUT2D eigenvalue weighted by atomic mass is 32.2. The molecule has 0 radical (unpaired) electrons. The Morgan fingerprint density at radius 3 is 2.47 bits per heavy atom. The van der Waals surface area contributed by atoms with Crippen molar-refractivity contribution >= 4 is 15.5 Å². The zero-order valence-electron chi connectivity index (χ0n) is 8.00. The van der Waals surface area contributed by atoms with Crippen LogP contribution in [0.25, 0.3) is 0 Å². The minimum absolute atomic E-state index is 0.0148. The summed E-state index contributed by atoms with van der Waals surface area (Å²) >= 11 is 0. The van der Waals surface area contributed by atoms with Gasteiger partial charge in [0.25, 0.3) is 0 Å². The van der Waals surface area contributed by atoms with Crippen molar-refractivity contribution in [2.75, 3.05) is 13.4 Å². The maximum atomic E-state index is 11.2. The van der Waals surface area contributed by atoms with E-state index in [1.807, 2.05) is 0 Å². The maximum Gasteiger partial charge on any atom is 0.306 e. The lowest BCUT2D eigenvalue weighted by Crippen LogP contribution is -2.06. The monoisotopic (exact) mass is 232 g/mol. The second-order valence-electron chi connectivity index (χ2n) is 2.71. The van der Waals surface area contributed by atoms with E-state index in [-0.39, 0.29) is 5.88 Å². The number of aromatic nitrogens is 1. The van der Waals surface area contributed by atoms with Gasteiger partial charge in [-0.3, -0.25) is 10.1 Å². The van der Waals surface area contributed by atoms with Gasteiger partial charge in [-0.1, -0.05) is 0 Å². The molecule has 0 spiro atoms. The van der Waals surface area contributed by atoms with E-state index >= 15 is 0 Å². The molecule has 0 atom stereocenters.